The highest BCUT2D eigenvalue weighted by molar-refractivity contribution is 7.14. The summed E-state index contributed by atoms with van der Waals surface area (Å²) >= 11 is 3.25. The summed E-state index contributed by atoms with van der Waals surface area (Å²) in [6.45, 7) is 10.3. The molecule has 0 aliphatic carbocycles. The molecule has 0 bridgehead atoms. The molecule has 2 heterocycles. The second kappa shape index (κ2) is 8.57. The van der Waals surface area contributed by atoms with Gasteiger partial charge in [0.15, 0.2) is 0 Å². The minimum absolute atomic E-state index is 0.0413. The predicted octanol–water partition coefficient (Wildman–Crippen LogP) is 3.65. The Morgan fingerprint density at radius 1 is 1.26 bits per heavy atom. The molecule has 0 fully saturated rings. The summed E-state index contributed by atoms with van der Waals surface area (Å²) < 4.78 is 0. The molecule has 1 N–H and O–H groups in total. The Hall–Kier alpha value is -1.24. The highest BCUT2D eigenvalue weighted by Crippen LogP contribution is 2.25. The van der Waals surface area contributed by atoms with Crippen LogP contribution >= 0.6 is 22.7 Å². The summed E-state index contributed by atoms with van der Waals surface area (Å²) in [7, 11) is 0. The number of aromatic nitrogens is 1. The molecule has 0 aromatic carbocycles. The van der Waals surface area contributed by atoms with Gasteiger partial charge in [-0.15, -0.1) is 11.3 Å². The summed E-state index contributed by atoms with van der Waals surface area (Å²) in [5, 5.41) is 10.1. The molecule has 0 spiro atoms. The molecular weight excluding hydrogens is 326 g/mol. The third-order valence-electron chi connectivity index (χ3n) is 3.68. The number of nitrogens with one attached hydrogen (secondary N) is 1. The first-order valence-corrected chi connectivity index (χ1v) is 9.79. The van der Waals surface area contributed by atoms with Gasteiger partial charge < -0.3 is 5.32 Å². The van der Waals surface area contributed by atoms with Gasteiger partial charge in [-0.25, -0.2) is 4.98 Å². The number of carbonyl (C=O) groups excluding carboxylic acids is 1. The molecule has 0 unspecified atom stereocenters. The molecule has 0 aliphatic heterocycles. The average molecular weight is 352 g/mol. The molecule has 6 heteroatoms. The van der Waals surface area contributed by atoms with Crippen LogP contribution in [0.15, 0.2) is 22.2 Å². The van der Waals surface area contributed by atoms with E-state index in [4.69, 9.17) is 0 Å². The van der Waals surface area contributed by atoms with Crippen LogP contribution in [0, 0.1) is 0 Å². The third kappa shape index (κ3) is 5.41. The van der Waals surface area contributed by atoms with Crippen LogP contribution in [0.4, 0.5) is 0 Å². The van der Waals surface area contributed by atoms with E-state index in [1.165, 1.54) is 0 Å². The standard InChI is InChI=1S/C17H25N3OS2/c1-12(2)20(13(3)4)7-6-18-16(21)9-15-11-23-17(19-15)14-5-8-22-10-14/h5,8,10-13H,6-7,9H2,1-4H3,(H,18,21). The number of amides is 1. The highest BCUT2D eigenvalue weighted by atomic mass is 32.1. The lowest BCUT2D eigenvalue weighted by atomic mass is 10.2. The molecule has 2 aromatic heterocycles. The maximum atomic E-state index is 12.1. The van der Waals surface area contributed by atoms with Gasteiger partial charge in [0.05, 0.1) is 12.1 Å². The minimum atomic E-state index is 0.0413. The third-order valence-corrected chi connectivity index (χ3v) is 5.30. The largest absolute Gasteiger partial charge is 0.354 e. The van der Waals surface area contributed by atoms with E-state index < -0.39 is 0 Å². The summed E-state index contributed by atoms with van der Waals surface area (Å²) in [5.41, 5.74) is 1.98. The maximum Gasteiger partial charge on any atom is 0.226 e. The second-order valence-corrected chi connectivity index (χ2v) is 7.75. The second-order valence-electron chi connectivity index (χ2n) is 6.11. The first-order valence-electron chi connectivity index (χ1n) is 7.96. The lowest BCUT2D eigenvalue weighted by Crippen LogP contribution is -2.42. The minimum Gasteiger partial charge on any atom is -0.354 e. The topological polar surface area (TPSA) is 45.2 Å². The van der Waals surface area contributed by atoms with E-state index in [1.54, 1.807) is 22.7 Å². The van der Waals surface area contributed by atoms with E-state index in [9.17, 15) is 4.79 Å². The zero-order valence-corrected chi connectivity index (χ0v) is 15.8. The molecule has 1 amide bonds. The van der Waals surface area contributed by atoms with E-state index >= 15 is 0 Å². The van der Waals surface area contributed by atoms with E-state index in [2.05, 4.69) is 54.3 Å². The molecule has 0 radical (unpaired) electrons. The van der Waals surface area contributed by atoms with E-state index in [1.807, 2.05) is 10.8 Å². The fourth-order valence-corrected chi connectivity index (χ4v) is 4.10. The van der Waals surface area contributed by atoms with Crippen molar-refractivity contribution < 1.29 is 4.79 Å². The Labute approximate surface area is 146 Å². The zero-order valence-electron chi connectivity index (χ0n) is 14.2. The summed E-state index contributed by atoms with van der Waals surface area (Å²) in [6.07, 6.45) is 0.351. The molecule has 0 saturated carbocycles. The van der Waals surface area contributed by atoms with Crippen LogP contribution in [-0.2, 0) is 11.2 Å². The number of nitrogens with zero attached hydrogens (tertiary/aromatic N) is 2. The smallest absolute Gasteiger partial charge is 0.226 e. The quantitative estimate of drug-likeness (QED) is 0.789. The number of rotatable bonds is 8. The van der Waals surface area contributed by atoms with E-state index in [0.717, 1.165) is 22.8 Å². The Balaban J connectivity index is 1.79. The van der Waals surface area contributed by atoms with Crippen LogP contribution in [0.25, 0.3) is 10.6 Å². The van der Waals surface area contributed by atoms with Crippen molar-refractivity contribution in [2.75, 3.05) is 13.1 Å². The van der Waals surface area contributed by atoms with Gasteiger partial charge in [0.25, 0.3) is 0 Å². The molecule has 0 saturated heterocycles. The van der Waals surface area contributed by atoms with Crippen LogP contribution in [0.2, 0.25) is 0 Å². The van der Waals surface area contributed by atoms with Crippen LogP contribution in [0.5, 0.6) is 0 Å². The van der Waals surface area contributed by atoms with Crippen LogP contribution in [0.1, 0.15) is 33.4 Å². The molecular formula is C17H25N3OS2. The molecule has 2 rings (SSSR count). The number of thiophene rings is 1. The molecule has 0 aliphatic rings. The number of hydrogen-bond acceptors (Lipinski definition) is 5. The zero-order chi connectivity index (χ0) is 16.8. The molecule has 4 nitrogen and oxygen atoms in total. The SMILES string of the molecule is CC(C)N(CCNC(=O)Cc1csc(-c2ccsc2)n1)C(C)C. The fourth-order valence-electron chi connectivity index (χ4n) is 2.57. The Morgan fingerprint density at radius 2 is 2.00 bits per heavy atom. The van der Waals surface area contributed by atoms with Gasteiger partial charge in [-0.05, 0) is 39.1 Å². The fraction of sp³-hybridized carbons (Fsp3) is 0.529. The first-order chi connectivity index (χ1) is 11.0. The van der Waals surface area contributed by atoms with Gasteiger partial charge in [0, 0.05) is 41.5 Å². The normalized spacial score (nSPS) is 11.6. The van der Waals surface area contributed by atoms with Crippen molar-refractivity contribution in [1.82, 2.24) is 15.2 Å². The van der Waals surface area contributed by atoms with Gasteiger partial charge >= 0.3 is 0 Å². The lowest BCUT2D eigenvalue weighted by Gasteiger charge is -2.30. The number of thiazole rings is 1. The summed E-state index contributed by atoms with van der Waals surface area (Å²) in [6, 6.07) is 3.02. The Kier molecular flexibility index (Phi) is 6.74. The van der Waals surface area contributed by atoms with Crippen molar-refractivity contribution in [3.05, 3.63) is 27.9 Å². The summed E-state index contributed by atoms with van der Waals surface area (Å²) in [5.74, 6) is 0.0413. The molecule has 0 atom stereocenters. The van der Waals surface area contributed by atoms with Gasteiger partial charge in [-0.1, -0.05) is 0 Å². The summed E-state index contributed by atoms with van der Waals surface area (Å²) in [4.78, 5) is 19.0. The predicted molar refractivity (Wildman–Crippen MR) is 99.1 cm³/mol. The van der Waals surface area contributed by atoms with Gasteiger partial charge in [-0.2, -0.15) is 11.3 Å². The number of carbonyl (C=O) groups is 1. The molecule has 126 valence electrons. The average Bonchev–Trinajstić information content (AvgIpc) is 3.13. The Bertz CT molecular complexity index is 597. The molecule has 23 heavy (non-hydrogen) atoms. The maximum absolute atomic E-state index is 12.1. The Morgan fingerprint density at radius 3 is 2.61 bits per heavy atom. The van der Waals surface area contributed by atoms with Crippen molar-refractivity contribution >= 4 is 28.6 Å². The van der Waals surface area contributed by atoms with Crippen LogP contribution < -0.4 is 5.32 Å². The molecule has 2 aromatic rings. The van der Waals surface area contributed by atoms with Gasteiger partial charge in [0.2, 0.25) is 5.91 Å². The highest BCUT2D eigenvalue weighted by Gasteiger charge is 2.14. The van der Waals surface area contributed by atoms with Crippen molar-refractivity contribution in [2.24, 2.45) is 0 Å². The van der Waals surface area contributed by atoms with Gasteiger partial charge in [0.1, 0.15) is 5.01 Å². The van der Waals surface area contributed by atoms with Crippen molar-refractivity contribution in [1.29, 1.82) is 0 Å². The lowest BCUT2D eigenvalue weighted by molar-refractivity contribution is -0.120. The van der Waals surface area contributed by atoms with E-state index in [-0.39, 0.29) is 5.91 Å². The van der Waals surface area contributed by atoms with E-state index in [0.29, 0.717) is 25.0 Å². The van der Waals surface area contributed by atoms with Crippen LogP contribution in [0.3, 0.4) is 0 Å². The monoisotopic (exact) mass is 351 g/mol. The first kappa shape index (κ1) is 18.1. The van der Waals surface area contributed by atoms with Crippen molar-refractivity contribution in [3.63, 3.8) is 0 Å². The van der Waals surface area contributed by atoms with Crippen molar-refractivity contribution in [2.45, 2.75) is 46.2 Å². The van der Waals surface area contributed by atoms with Crippen molar-refractivity contribution in [3.8, 4) is 10.6 Å². The van der Waals surface area contributed by atoms with Gasteiger partial charge in [-0.3, -0.25) is 9.69 Å². The van der Waals surface area contributed by atoms with Crippen LogP contribution in [-0.4, -0.2) is 41.0 Å². The number of hydrogen-bond donors (Lipinski definition) is 1.